The molecule has 0 heterocycles. The summed E-state index contributed by atoms with van der Waals surface area (Å²) in [6, 6.07) is 0. The number of allylic oxidation sites excluding steroid dienone is 3. The van der Waals surface area contributed by atoms with Crippen LogP contribution in [0.15, 0.2) is 35.5 Å². The van der Waals surface area contributed by atoms with Gasteiger partial charge in [-0.15, -0.1) is 0 Å². The van der Waals surface area contributed by atoms with Crippen LogP contribution >= 0.6 is 0 Å². The molecule has 0 aliphatic rings. The molecule has 0 rings (SSSR count). The normalized spacial score (nSPS) is 9.64. The second-order valence-electron chi connectivity index (χ2n) is 3.13. The fourth-order valence-corrected chi connectivity index (χ4v) is 0.614. The summed E-state index contributed by atoms with van der Waals surface area (Å²) in [4.78, 5) is 21.0. The van der Waals surface area contributed by atoms with E-state index in [0.29, 0.717) is 6.41 Å². The van der Waals surface area contributed by atoms with E-state index >= 15 is 0 Å². The van der Waals surface area contributed by atoms with Crippen molar-refractivity contribution in [2.75, 3.05) is 0 Å². The number of hydrogen-bond donors (Lipinski definition) is 1. The first kappa shape index (κ1) is 12.4. The number of rotatable bonds is 4. The van der Waals surface area contributed by atoms with Crippen molar-refractivity contribution in [3.8, 4) is 0 Å². The molecule has 76 valence electrons. The first-order valence-corrected chi connectivity index (χ1v) is 4.24. The third-order valence-electron chi connectivity index (χ3n) is 1.80. The minimum atomic E-state index is -0.474. The molecular weight excluding hydrogens is 178 g/mol. The smallest absolute Gasteiger partial charge is 0.257 e. The summed E-state index contributed by atoms with van der Waals surface area (Å²) in [6.45, 7) is 9.43. The molecule has 0 aromatic carbocycles. The van der Waals surface area contributed by atoms with Gasteiger partial charge in [-0.2, -0.15) is 0 Å². The summed E-state index contributed by atoms with van der Waals surface area (Å²) in [5.74, 6) is -0.474. The average Bonchev–Trinajstić information content (AvgIpc) is 2.13. The van der Waals surface area contributed by atoms with Gasteiger partial charge in [0.2, 0.25) is 6.41 Å². The lowest BCUT2D eigenvalue weighted by molar-refractivity contribution is -0.122. The third kappa shape index (κ3) is 4.40. The van der Waals surface area contributed by atoms with Crippen LogP contribution in [-0.4, -0.2) is 12.3 Å². The van der Waals surface area contributed by atoms with Crippen LogP contribution in [0.5, 0.6) is 0 Å². The van der Waals surface area contributed by atoms with Gasteiger partial charge >= 0.3 is 0 Å². The summed E-state index contributed by atoms with van der Waals surface area (Å²) in [7, 11) is 0. The fourth-order valence-electron chi connectivity index (χ4n) is 0.614. The zero-order valence-corrected chi connectivity index (χ0v) is 8.76. The summed E-state index contributed by atoms with van der Waals surface area (Å²) in [5, 5.41) is 2.01. The van der Waals surface area contributed by atoms with Crippen LogP contribution in [0, 0.1) is 0 Å². The van der Waals surface area contributed by atoms with Gasteiger partial charge in [0, 0.05) is 5.57 Å². The molecule has 0 aromatic rings. The summed E-state index contributed by atoms with van der Waals surface area (Å²) < 4.78 is 0. The molecule has 14 heavy (non-hydrogen) atoms. The average molecular weight is 193 g/mol. The Labute approximate surface area is 84.2 Å². The maximum atomic E-state index is 11.0. The molecule has 0 bridgehead atoms. The number of carbonyl (C=O) groups is 2. The molecular formula is C11H15NO2. The van der Waals surface area contributed by atoms with E-state index in [0.717, 1.165) is 5.57 Å². The lowest BCUT2D eigenvalue weighted by Gasteiger charge is -1.98. The molecule has 3 heteroatoms. The monoisotopic (exact) mass is 193 g/mol. The Morgan fingerprint density at radius 2 is 1.79 bits per heavy atom. The zero-order valence-electron chi connectivity index (χ0n) is 8.76. The first-order chi connectivity index (χ1) is 6.49. The Morgan fingerprint density at radius 3 is 2.21 bits per heavy atom. The van der Waals surface area contributed by atoms with Crippen molar-refractivity contribution >= 4 is 12.3 Å². The van der Waals surface area contributed by atoms with E-state index in [1.165, 1.54) is 5.57 Å². The summed E-state index contributed by atoms with van der Waals surface area (Å²) in [5.41, 5.74) is 2.51. The van der Waals surface area contributed by atoms with Crippen molar-refractivity contribution < 1.29 is 9.59 Å². The van der Waals surface area contributed by atoms with Gasteiger partial charge in [-0.05, 0) is 26.8 Å². The molecule has 0 radical (unpaired) electrons. The number of hydrogen-bond acceptors (Lipinski definition) is 2. The highest BCUT2D eigenvalue weighted by Crippen LogP contribution is 2.05. The first-order valence-electron chi connectivity index (χ1n) is 4.24. The van der Waals surface area contributed by atoms with Crippen LogP contribution in [-0.2, 0) is 9.59 Å². The standard InChI is InChI=1S/C11H15NO2/c1-8(2)9(3)5-6-10(4)11(14)12-7-13/h5-7H,4H2,1-3H3,(H,12,13,14)/b6-5-. The van der Waals surface area contributed by atoms with Crippen molar-refractivity contribution in [1.29, 1.82) is 0 Å². The Kier molecular flexibility index (Phi) is 5.22. The lowest BCUT2D eigenvalue weighted by Crippen LogP contribution is -2.21. The van der Waals surface area contributed by atoms with Crippen molar-refractivity contribution in [3.63, 3.8) is 0 Å². The van der Waals surface area contributed by atoms with Gasteiger partial charge < -0.3 is 0 Å². The quantitative estimate of drug-likeness (QED) is 0.420. The highest BCUT2D eigenvalue weighted by atomic mass is 16.2. The molecule has 1 N–H and O–H groups in total. The van der Waals surface area contributed by atoms with Gasteiger partial charge in [-0.1, -0.05) is 23.8 Å². The van der Waals surface area contributed by atoms with Gasteiger partial charge in [-0.25, -0.2) is 0 Å². The van der Waals surface area contributed by atoms with E-state index in [1.54, 1.807) is 12.2 Å². The van der Waals surface area contributed by atoms with Gasteiger partial charge in [0.1, 0.15) is 0 Å². The number of carbonyl (C=O) groups excluding carboxylic acids is 2. The van der Waals surface area contributed by atoms with Crippen LogP contribution in [0.4, 0.5) is 0 Å². The van der Waals surface area contributed by atoms with Gasteiger partial charge in [-0.3, -0.25) is 14.9 Å². The molecule has 0 spiro atoms. The fraction of sp³-hybridized carbons (Fsp3) is 0.273. The van der Waals surface area contributed by atoms with E-state index in [-0.39, 0.29) is 5.57 Å². The molecule has 0 saturated heterocycles. The van der Waals surface area contributed by atoms with Gasteiger partial charge in [0.25, 0.3) is 5.91 Å². The van der Waals surface area contributed by atoms with Crippen LogP contribution in [0.2, 0.25) is 0 Å². The summed E-state index contributed by atoms with van der Waals surface area (Å²) >= 11 is 0. The second kappa shape index (κ2) is 5.91. The summed E-state index contributed by atoms with van der Waals surface area (Å²) in [6.07, 6.45) is 3.72. The van der Waals surface area contributed by atoms with E-state index in [9.17, 15) is 9.59 Å². The largest absolute Gasteiger partial charge is 0.295 e. The SMILES string of the molecule is C=C(/C=C\C(C)=C(C)C)C(=O)NC=O. The minimum absolute atomic E-state index is 0.262. The van der Waals surface area contributed by atoms with Crippen LogP contribution in [0.25, 0.3) is 0 Å². The Balaban J connectivity index is 4.40. The predicted molar refractivity (Wildman–Crippen MR) is 56.5 cm³/mol. The predicted octanol–water partition coefficient (Wildman–Crippen LogP) is 1.73. The molecule has 3 nitrogen and oxygen atoms in total. The van der Waals surface area contributed by atoms with Crippen LogP contribution < -0.4 is 5.32 Å². The van der Waals surface area contributed by atoms with E-state index < -0.39 is 5.91 Å². The molecule has 0 atom stereocenters. The molecule has 0 aliphatic carbocycles. The second-order valence-corrected chi connectivity index (χ2v) is 3.13. The number of imide groups is 1. The third-order valence-corrected chi connectivity index (χ3v) is 1.80. The highest BCUT2D eigenvalue weighted by Gasteiger charge is 2.00. The molecule has 0 unspecified atom stereocenters. The minimum Gasteiger partial charge on any atom is -0.295 e. The Hall–Kier alpha value is -1.64. The molecule has 0 saturated carbocycles. The maximum absolute atomic E-state index is 11.0. The zero-order chi connectivity index (χ0) is 11.1. The van der Waals surface area contributed by atoms with E-state index in [2.05, 4.69) is 6.58 Å². The number of amides is 2. The molecule has 2 amide bonds. The van der Waals surface area contributed by atoms with Gasteiger partial charge in [0.05, 0.1) is 0 Å². The highest BCUT2D eigenvalue weighted by molar-refractivity contribution is 6.00. The van der Waals surface area contributed by atoms with E-state index in [4.69, 9.17) is 0 Å². The van der Waals surface area contributed by atoms with Crippen LogP contribution in [0.3, 0.4) is 0 Å². The molecule has 0 aromatic heterocycles. The van der Waals surface area contributed by atoms with Crippen molar-refractivity contribution in [2.24, 2.45) is 0 Å². The van der Waals surface area contributed by atoms with E-state index in [1.807, 2.05) is 26.1 Å². The topological polar surface area (TPSA) is 46.2 Å². The number of nitrogens with one attached hydrogen (secondary N) is 1. The van der Waals surface area contributed by atoms with Crippen molar-refractivity contribution in [2.45, 2.75) is 20.8 Å². The molecule has 0 fully saturated rings. The maximum Gasteiger partial charge on any atom is 0.257 e. The lowest BCUT2D eigenvalue weighted by atomic mass is 10.1. The van der Waals surface area contributed by atoms with Gasteiger partial charge in [0.15, 0.2) is 0 Å². The van der Waals surface area contributed by atoms with Crippen molar-refractivity contribution in [1.82, 2.24) is 5.32 Å². The Morgan fingerprint density at radius 1 is 1.21 bits per heavy atom. The van der Waals surface area contributed by atoms with Crippen molar-refractivity contribution in [3.05, 3.63) is 35.5 Å². The Bertz CT molecular complexity index is 307. The van der Waals surface area contributed by atoms with Crippen LogP contribution in [0.1, 0.15) is 20.8 Å². The molecule has 0 aliphatic heterocycles.